The van der Waals surface area contributed by atoms with Crippen LogP contribution in [-0.2, 0) is 21.7 Å². The van der Waals surface area contributed by atoms with Crippen LogP contribution in [0.25, 0.3) is 155 Å². The summed E-state index contributed by atoms with van der Waals surface area (Å²) in [6, 6.07) is 89.9. The molecule has 0 aliphatic rings. The summed E-state index contributed by atoms with van der Waals surface area (Å²) in [7, 11) is 0. The van der Waals surface area contributed by atoms with Gasteiger partial charge >= 0.3 is 0 Å². The fraction of sp³-hybridized carbons (Fsp3) is 0.178. The lowest BCUT2D eigenvalue weighted by atomic mass is 9.86. The smallest absolute Gasteiger partial charge is 0.168 e. The first-order chi connectivity index (χ1) is 47.2. The molecule has 0 fully saturated rings. The van der Waals surface area contributed by atoms with E-state index in [1.807, 2.05) is 6.20 Å². The minimum atomic E-state index is -0.159. The van der Waals surface area contributed by atoms with Crippen LogP contribution in [0.1, 0.15) is 105 Å². The normalized spacial score (nSPS) is 12.7. The molecule has 6 heterocycles. The second-order valence-corrected chi connectivity index (χ2v) is 30.8. The lowest BCUT2D eigenvalue weighted by Gasteiger charge is -2.31. The van der Waals surface area contributed by atoms with Crippen LogP contribution >= 0.6 is 0 Å². The molecule has 17 rings (SSSR count). The molecule has 0 unspecified atom stereocenters. The lowest BCUT2D eigenvalue weighted by Crippen LogP contribution is -2.17. The van der Waals surface area contributed by atoms with Crippen molar-refractivity contribution in [3.63, 3.8) is 0 Å². The fourth-order valence-corrected chi connectivity index (χ4v) is 15.2. The molecule has 6 aromatic heterocycles. The predicted molar refractivity (Wildman–Crippen MR) is 412 cm³/mol. The van der Waals surface area contributed by atoms with Gasteiger partial charge in [-0.3, -0.25) is 4.98 Å². The number of pyridine rings is 1. The van der Waals surface area contributed by atoms with Gasteiger partial charge in [-0.15, -0.1) is 0 Å². The highest BCUT2D eigenvalue weighted by Crippen LogP contribution is 2.55. The Kier molecular flexibility index (Phi) is 13.7. The van der Waals surface area contributed by atoms with E-state index in [-0.39, 0.29) is 21.7 Å². The number of hydrogen-bond acceptors (Lipinski definition) is 4. The minimum absolute atomic E-state index is 0.144. The van der Waals surface area contributed by atoms with Crippen molar-refractivity contribution in [2.75, 3.05) is 0 Å². The number of rotatable bonds is 8. The average molecular weight is 1270 g/mol. The summed E-state index contributed by atoms with van der Waals surface area (Å²) in [5.41, 5.74) is 20.8. The summed E-state index contributed by atoms with van der Waals surface area (Å²) >= 11 is 0. The van der Waals surface area contributed by atoms with Crippen LogP contribution in [-0.4, -0.2) is 38.2 Å². The number of fused-ring (bicyclic) bond motifs is 12. The standard InChI is InChI=1S/C90H78N8/c1-87(2,3)58-41-45-74-66(50-58)62-33-19-23-37-70(62)95(74)80-78(57-32-27-49-91-54-57)81(96-71-38-24-20-34-63(71)67-51-59(88(4,5)6)42-46-75(67)96)83(98-73-40-26-22-36-65(73)69-53-61(90(10,11)12)44-48-77(69)98)82(97-72-39-25-21-35-64(72)68-52-60(89(7,8)9)43-47-76(68)97)79(80)86-93-84(55-28-15-13-16-29-55)92-85(94-86)56-30-17-14-18-31-56/h13-54H,1-12H3. The van der Waals surface area contributed by atoms with Gasteiger partial charge in [-0.1, -0.05) is 247 Å². The van der Waals surface area contributed by atoms with Gasteiger partial charge in [-0.25, -0.2) is 15.0 Å². The number of benzene rings is 11. The predicted octanol–water partition coefficient (Wildman–Crippen LogP) is 23.5. The lowest BCUT2D eigenvalue weighted by molar-refractivity contribution is 0.591. The van der Waals surface area contributed by atoms with E-state index in [4.69, 9.17) is 19.9 Å². The van der Waals surface area contributed by atoms with Crippen molar-refractivity contribution in [1.82, 2.24) is 38.2 Å². The number of aromatic nitrogens is 8. The molecule has 0 spiro atoms. The van der Waals surface area contributed by atoms with Gasteiger partial charge in [0.1, 0.15) is 0 Å². The molecule has 11 aromatic carbocycles. The number of para-hydroxylation sites is 4. The van der Waals surface area contributed by atoms with Gasteiger partial charge in [0.15, 0.2) is 17.5 Å². The van der Waals surface area contributed by atoms with E-state index in [0.29, 0.717) is 17.5 Å². The zero-order chi connectivity index (χ0) is 67.3. The molecule has 8 heteroatoms. The Morgan fingerprint density at radius 2 is 0.520 bits per heavy atom. The Labute approximate surface area is 572 Å². The summed E-state index contributed by atoms with van der Waals surface area (Å²) in [5.74, 6) is 1.61. The summed E-state index contributed by atoms with van der Waals surface area (Å²) < 4.78 is 10.3. The second kappa shape index (κ2) is 22.2. The van der Waals surface area contributed by atoms with Gasteiger partial charge < -0.3 is 18.3 Å². The van der Waals surface area contributed by atoms with Crippen LogP contribution in [0.15, 0.2) is 255 Å². The van der Waals surface area contributed by atoms with Crippen LogP contribution in [0.3, 0.4) is 0 Å². The van der Waals surface area contributed by atoms with E-state index < -0.39 is 0 Å². The van der Waals surface area contributed by atoms with E-state index in [1.165, 1.54) is 22.3 Å². The zero-order valence-corrected chi connectivity index (χ0v) is 57.8. The molecule has 478 valence electrons. The van der Waals surface area contributed by atoms with Crippen molar-refractivity contribution >= 4 is 87.2 Å². The molecule has 0 saturated carbocycles. The Morgan fingerprint density at radius 3 is 0.857 bits per heavy atom. The molecule has 0 saturated heterocycles. The highest BCUT2D eigenvalue weighted by atomic mass is 15.1. The quantitative estimate of drug-likeness (QED) is 0.152. The van der Waals surface area contributed by atoms with E-state index in [0.717, 1.165) is 138 Å². The molecule has 8 nitrogen and oxygen atoms in total. The second-order valence-electron chi connectivity index (χ2n) is 30.8. The van der Waals surface area contributed by atoms with Gasteiger partial charge in [0.25, 0.3) is 0 Å². The zero-order valence-electron chi connectivity index (χ0n) is 57.8. The Balaban J connectivity index is 1.25. The third-order valence-corrected chi connectivity index (χ3v) is 20.3. The van der Waals surface area contributed by atoms with Crippen molar-refractivity contribution in [3.05, 3.63) is 277 Å². The highest BCUT2D eigenvalue weighted by molar-refractivity contribution is 6.19. The van der Waals surface area contributed by atoms with Crippen molar-refractivity contribution in [2.24, 2.45) is 0 Å². The highest BCUT2D eigenvalue weighted by Gasteiger charge is 2.38. The monoisotopic (exact) mass is 1270 g/mol. The summed E-state index contributed by atoms with van der Waals surface area (Å²) in [5, 5.41) is 9.16. The Bertz CT molecular complexity index is 6010. The van der Waals surface area contributed by atoms with E-state index in [9.17, 15) is 0 Å². The Morgan fingerprint density at radius 1 is 0.235 bits per heavy atom. The number of hydrogen-bond donors (Lipinski definition) is 0. The van der Waals surface area contributed by atoms with Crippen LogP contribution in [0.5, 0.6) is 0 Å². The molecule has 0 amide bonds. The molecule has 0 atom stereocenters. The van der Waals surface area contributed by atoms with Crippen molar-refractivity contribution in [2.45, 2.75) is 105 Å². The maximum absolute atomic E-state index is 6.02. The van der Waals surface area contributed by atoms with E-state index in [2.05, 4.69) is 350 Å². The largest absolute Gasteiger partial charge is 0.308 e. The van der Waals surface area contributed by atoms with Gasteiger partial charge in [0.05, 0.1) is 72.4 Å². The van der Waals surface area contributed by atoms with Crippen molar-refractivity contribution in [3.8, 4) is 68.0 Å². The molecule has 0 bridgehead atoms. The summed E-state index contributed by atoms with van der Waals surface area (Å²) in [6.45, 7) is 27.8. The van der Waals surface area contributed by atoms with E-state index >= 15 is 0 Å². The first-order valence-electron chi connectivity index (χ1n) is 34.4. The average Bonchev–Trinajstić information content (AvgIpc) is 1.43. The van der Waals surface area contributed by atoms with Gasteiger partial charge in [-0.2, -0.15) is 0 Å². The SMILES string of the molecule is CC(C)(C)c1ccc2c(c1)c1ccccc1n2-c1c(-c2cccnc2)c(-n2c3ccccc3c3cc(C(C)(C)C)ccc32)c(-n2c3ccccc3c3cc(C(C)(C)C)ccc32)c(-n2c3ccccc3c3cc(C(C)(C)C)ccc32)c1-c1nc(-c2ccccc2)nc(-c2ccccc2)n1. The third kappa shape index (κ3) is 9.61. The Hall–Kier alpha value is -11.2. The van der Waals surface area contributed by atoms with Gasteiger partial charge in [0, 0.05) is 77.7 Å². The van der Waals surface area contributed by atoms with Gasteiger partial charge in [-0.05, 0) is 123 Å². The first kappa shape index (κ1) is 60.4. The third-order valence-electron chi connectivity index (χ3n) is 20.3. The van der Waals surface area contributed by atoms with Crippen molar-refractivity contribution < 1.29 is 0 Å². The molecule has 0 aliphatic carbocycles. The summed E-state index contributed by atoms with van der Waals surface area (Å²) in [4.78, 5) is 22.7. The molecular formula is C90H78N8. The maximum Gasteiger partial charge on any atom is 0.168 e. The van der Waals surface area contributed by atoms with E-state index in [1.54, 1.807) is 0 Å². The van der Waals surface area contributed by atoms with Crippen LogP contribution in [0.4, 0.5) is 0 Å². The molecule has 0 N–H and O–H groups in total. The fourth-order valence-electron chi connectivity index (χ4n) is 15.2. The van der Waals surface area contributed by atoms with Crippen LogP contribution in [0.2, 0.25) is 0 Å². The van der Waals surface area contributed by atoms with Crippen molar-refractivity contribution in [1.29, 1.82) is 0 Å². The van der Waals surface area contributed by atoms with Crippen LogP contribution in [0, 0.1) is 0 Å². The molecule has 98 heavy (non-hydrogen) atoms. The van der Waals surface area contributed by atoms with Crippen LogP contribution < -0.4 is 0 Å². The van der Waals surface area contributed by atoms with Gasteiger partial charge in [0.2, 0.25) is 0 Å². The molecule has 0 radical (unpaired) electrons. The minimum Gasteiger partial charge on any atom is -0.308 e. The molecule has 0 aliphatic heterocycles. The topological polar surface area (TPSA) is 71.3 Å². The summed E-state index contributed by atoms with van der Waals surface area (Å²) in [6.07, 6.45) is 3.97. The molecule has 17 aromatic rings. The first-order valence-corrected chi connectivity index (χ1v) is 34.4. The maximum atomic E-state index is 6.02. The molecular weight excluding hydrogens is 1190 g/mol. The number of nitrogens with zero attached hydrogens (tertiary/aromatic N) is 8.